The van der Waals surface area contributed by atoms with Crippen LogP contribution in [0.1, 0.15) is 256 Å². The molecule has 0 aliphatic rings. The summed E-state index contributed by atoms with van der Waals surface area (Å²) in [5.41, 5.74) is 20.9. The zero-order valence-electron chi connectivity index (χ0n) is 75.7. The molecule has 0 unspecified atom stereocenters. The van der Waals surface area contributed by atoms with Gasteiger partial charge in [-0.25, -0.2) is 21.3 Å². The molecule has 2 atom stereocenters. The fourth-order valence-corrected chi connectivity index (χ4v) is 17.6. The van der Waals surface area contributed by atoms with E-state index in [-0.39, 0.29) is 123 Å². The molecule has 10 amide bonds. The molecule has 0 bridgehead atoms. The molecule has 0 saturated heterocycles. The van der Waals surface area contributed by atoms with Crippen LogP contribution in [0.25, 0.3) is 0 Å². The third kappa shape index (κ3) is 58.0. The predicted octanol–water partition coefficient (Wildman–Crippen LogP) is 12.9. The van der Waals surface area contributed by atoms with Crippen LogP contribution in [-0.4, -0.2) is 211 Å². The van der Waals surface area contributed by atoms with Gasteiger partial charge in [0.2, 0.25) is 41.4 Å². The van der Waals surface area contributed by atoms with Gasteiger partial charge >= 0.3 is 0 Å². The standard InChI is InChI=1S/C89H144N16O16S6/c1-7-10-13-16-19-22-25-28-31-34-56-119-84-68(40-37-43-73(84)116-4)59-98-103-81(111)65-125-122-62-78(108)94-52-50-92-76(106)48-46-71(87(114)97-55-54-96-80(110)64-124-127-67-83(113)105-100-61-70-42-39-45-75(118-6)86(70)121-58-36-33-30-27-24-21-18-15-12-9-3)101-88(115)72(102-89(90)91)47-49-77(107)93-51-53-95-79(109)63-123-126-66-82(112)104-99-60-69-41-38-44-74(117-5)85(69)120-57-35-32-29-26-23-20-17-14-11-8-2/h37-45,59-61,71-72H,7-36,46-58,62-67H2,1-6H3,(H,92,106)(H,93,107)(H,94,108)(H,95,109)(H,96,110)(H,97,114)(H,101,115)(H,103,111)(H,104,112)(H,105,113)(H4,90,91,102)/b98-59-,99-60-,100-61-/t71-,72-/m0/s1. The van der Waals surface area contributed by atoms with Crippen LogP contribution in [0.2, 0.25) is 0 Å². The quantitative estimate of drug-likeness (QED) is 0.00821. The normalized spacial score (nSPS) is 11.6. The van der Waals surface area contributed by atoms with Crippen LogP contribution >= 0.6 is 64.8 Å². The van der Waals surface area contributed by atoms with Gasteiger partial charge in [-0.2, -0.15) is 15.3 Å². The maximum absolute atomic E-state index is 14.0. The Morgan fingerprint density at radius 2 is 0.606 bits per heavy atom. The number of benzene rings is 3. The van der Waals surface area contributed by atoms with Crippen molar-refractivity contribution in [3.63, 3.8) is 0 Å². The minimum Gasteiger partial charge on any atom is -0.493 e. The number of nitrogens with one attached hydrogen (secondary N) is 10. The van der Waals surface area contributed by atoms with Crippen LogP contribution in [0.3, 0.4) is 0 Å². The SMILES string of the molecule is CCCCCCCCCCCCOc1c(/C=N\NC(=O)CSSCC(=O)NCCNC(=O)CC[C@H](N=C(N)N)C(=O)N[C@@H](CCC(=O)NCCNC(=O)CSSCC(=O)N/N=C\c2cccc(OC)c2OCCCCCCCCCCCC)C(=O)NCCNC(=O)CSSCC(=O)N/N=C\c2cccc(OC)c2OCCCCCCCCCCCC)cccc1OC. The fraction of sp³-hybridized carbons (Fsp3) is 0.640. The first-order valence-electron chi connectivity index (χ1n) is 44.9. The van der Waals surface area contributed by atoms with Crippen molar-refractivity contribution >= 4 is 148 Å². The third-order valence-electron chi connectivity index (χ3n) is 19.3. The molecule has 3 rings (SSSR count). The summed E-state index contributed by atoms with van der Waals surface area (Å²) in [6.45, 7) is 8.22. The van der Waals surface area contributed by atoms with Gasteiger partial charge in [-0.1, -0.05) is 277 Å². The Kier molecular flexibility index (Phi) is 67.8. The second-order valence-electron chi connectivity index (χ2n) is 29.9. The number of carbonyl (C=O) groups excluding carboxylic acids is 10. The molecule has 0 spiro atoms. The summed E-state index contributed by atoms with van der Waals surface area (Å²) in [5, 5.41) is 31.1. The molecular weight excluding hydrogens is 1740 g/mol. The molecule has 712 valence electrons. The molecule has 0 aliphatic heterocycles. The Morgan fingerprint density at radius 3 is 0.898 bits per heavy atom. The molecular formula is C89H144N16O16S6. The average molecular weight is 1890 g/mol. The number of hydrazone groups is 3. The Hall–Kier alpha value is -8.46. The highest BCUT2D eigenvalue weighted by atomic mass is 33.1. The zero-order valence-corrected chi connectivity index (χ0v) is 80.6. The zero-order chi connectivity index (χ0) is 92.2. The van der Waals surface area contributed by atoms with Crippen LogP contribution in [0.4, 0.5) is 0 Å². The number of carbonyl (C=O) groups is 10. The second kappa shape index (κ2) is 76.4. The Morgan fingerprint density at radius 1 is 0.339 bits per heavy atom. The number of aliphatic imine (C=N–C) groups is 1. The van der Waals surface area contributed by atoms with E-state index >= 15 is 0 Å². The van der Waals surface area contributed by atoms with Crippen LogP contribution in [0.15, 0.2) is 74.9 Å². The number of rotatable bonds is 79. The number of amides is 10. The predicted molar refractivity (Wildman–Crippen MR) is 521 cm³/mol. The van der Waals surface area contributed by atoms with E-state index in [0.717, 1.165) is 123 Å². The number of guanidine groups is 1. The lowest BCUT2D eigenvalue weighted by Crippen LogP contribution is -2.51. The minimum absolute atomic E-state index is 0.0000847. The number of nitrogens with zero attached hydrogens (tertiary/aromatic N) is 4. The molecule has 0 saturated carbocycles. The summed E-state index contributed by atoms with van der Waals surface area (Å²) in [4.78, 5) is 135. The topological polar surface area (TPSA) is 448 Å². The van der Waals surface area contributed by atoms with Gasteiger partial charge in [0, 0.05) is 68.8 Å². The lowest BCUT2D eigenvalue weighted by atomic mass is 10.1. The van der Waals surface area contributed by atoms with E-state index in [4.69, 9.17) is 39.9 Å². The van der Waals surface area contributed by atoms with Gasteiger partial charge in [0.1, 0.15) is 12.1 Å². The van der Waals surface area contributed by atoms with Crippen LogP contribution in [0.5, 0.6) is 34.5 Å². The van der Waals surface area contributed by atoms with Gasteiger partial charge in [-0.05, 0) is 68.5 Å². The van der Waals surface area contributed by atoms with Crippen LogP contribution in [-0.2, 0) is 47.9 Å². The highest BCUT2D eigenvalue weighted by Crippen LogP contribution is 2.34. The van der Waals surface area contributed by atoms with E-state index in [2.05, 4.69) is 94.6 Å². The lowest BCUT2D eigenvalue weighted by Gasteiger charge is -2.21. The number of para-hydroxylation sites is 3. The maximum atomic E-state index is 14.0. The summed E-state index contributed by atoms with van der Waals surface area (Å²) in [7, 11) is 11.6. The second-order valence-corrected chi connectivity index (χ2v) is 37.3. The minimum atomic E-state index is -1.38. The van der Waals surface area contributed by atoms with Crippen molar-refractivity contribution in [2.24, 2.45) is 31.8 Å². The van der Waals surface area contributed by atoms with Gasteiger partial charge in [-0.15, -0.1) is 0 Å². The van der Waals surface area contributed by atoms with Crippen LogP contribution < -0.4 is 93.4 Å². The van der Waals surface area contributed by atoms with E-state index in [1.807, 2.05) is 30.3 Å². The average Bonchev–Trinajstić information content (AvgIpc) is 0.861. The summed E-state index contributed by atoms with van der Waals surface area (Å²) in [6, 6.07) is 13.5. The number of nitrogens with two attached hydrogens (primary N) is 2. The van der Waals surface area contributed by atoms with Crippen molar-refractivity contribution in [1.29, 1.82) is 0 Å². The first-order chi connectivity index (χ1) is 61.9. The molecule has 0 aliphatic carbocycles. The Bertz CT molecular complexity index is 3740. The van der Waals surface area contributed by atoms with E-state index in [9.17, 15) is 47.9 Å². The molecule has 127 heavy (non-hydrogen) atoms. The van der Waals surface area contributed by atoms with E-state index < -0.39 is 53.5 Å². The van der Waals surface area contributed by atoms with Crippen molar-refractivity contribution in [2.45, 2.75) is 251 Å². The van der Waals surface area contributed by atoms with Gasteiger partial charge in [0.15, 0.2) is 40.5 Å². The number of methoxy groups -OCH3 is 3. The highest BCUT2D eigenvalue weighted by Gasteiger charge is 2.28. The smallest absolute Gasteiger partial charge is 0.250 e. The summed E-state index contributed by atoms with van der Waals surface area (Å²) in [6.07, 6.45) is 39.7. The molecule has 0 heterocycles. The van der Waals surface area contributed by atoms with E-state index in [1.165, 1.54) is 153 Å². The summed E-state index contributed by atoms with van der Waals surface area (Å²) in [5.74, 6) is -2.15. The van der Waals surface area contributed by atoms with Gasteiger partial charge < -0.3 is 77.1 Å². The Labute approximate surface area is 776 Å². The molecule has 3 aromatic rings. The van der Waals surface area contributed by atoms with Gasteiger partial charge in [-0.3, -0.25) is 47.9 Å². The van der Waals surface area contributed by atoms with Gasteiger partial charge in [0.05, 0.1) is 94.3 Å². The van der Waals surface area contributed by atoms with Crippen molar-refractivity contribution < 1.29 is 76.4 Å². The molecule has 38 heteroatoms. The molecule has 0 aromatic heterocycles. The van der Waals surface area contributed by atoms with E-state index in [1.54, 1.807) is 45.6 Å². The summed E-state index contributed by atoms with van der Waals surface area (Å²) >= 11 is 0. The number of ether oxygens (including phenoxy) is 6. The number of unbranched alkanes of at least 4 members (excludes halogenated alkanes) is 27. The largest absolute Gasteiger partial charge is 0.493 e. The number of hydrogen-bond donors (Lipinski definition) is 12. The first kappa shape index (κ1) is 113. The monoisotopic (exact) mass is 1880 g/mol. The molecule has 3 aromatic carbocycles. The fourth-order valence-electron chi connectivity index (χ4n) is 12.5. The van der Waals surface area contributed by atoms with Gasteiger partial charge in [0.25, 0.3) is 17.7 Å². The molecule has 0 fully saturated rings. The van der Waals surface area contributed by atoms with Crippen molar-refractivity contribution in [1.82, 2.24) is 53.5 Å². The van der Waals surface area contributed by atoms with E-state index in [0.29, 0.717) is 71.0 Å². The first-order valence-corrected chi connectivity index (χ1v) is 52.4. The van der Waals surface area contributed by atoms with Crippen molar-refractivity contribution in [3.05, 3.63) is 71.3 Å². The molecule has 0 radical (unpaired) electrons. The highest BCUT2D eigenvalue weighted by molar-refractivity contribution is 8.77. The lowest BCUT2D eigenvalue weighted by molar-refractivity contribution is -0.130. The number of hydrogen-bond acceptors (Lipinski definition) is 26. The maximum Gasteiger partial charge on any atom is 0.250 e. The Balaban J connectivity index is 1.48. The van der Waals surface area contributed by atoms with Crippen molar-refractivity contribution in [3.8, 4) is 34.5 Å². The summed E-state index contributed by atoms with van der Waals surface area (Å²) < 4.78 is 35.0. The van der Waals surface area contributed by atoms with Crippen LogP contribution in [0, 0.1) is 0 Å². The molecule has 32 nitrogen and oxygen atoms in total. The third-order valence-corrected chi connectivity index (χ3v) is 25.7. The molecule has 14 N–H and O–H groups in total. The van der Waals surface area contributed by atoms with Crippen molar-refractivity contribution in [2.75, 3.05) is 115 Å².